The van der Waals surface area contributed by atoms with Crippen molar-refractivity contribution < 1.29 is 9.53 Å². The summed E-state index contributed by atoms with van der Waals surface area (Å²) in [7, 11) is 1.61. The molecule has 4 nitrogen and oxygen atoms in total. The van der Waals surface area contributed by atoms with E-state index in [1.807, 2.05) is 0 Å². The normalized spacial score (nSPS) is 27.3. The average Bonchev–Trinajstić information content (AvgIpc) is 2.15. The van der Waals surface area contributed by atoms with Crippen LogP contribution in [0.2, 0.25) is 0 Å². The third-order valence-corrected chi connectivity index (χ3v) is 2.52. The van der Waals surface area contributed by atoms with Gasteiger partial charge in [0.1, 0.15) is 0 Å². The molecule has 4 heteroatoms. The van der Waals surface area contributed by atoms with Crippen molar-refractivity contribution in [3.05, 3.63) is 0 Å². The molecule has 14 heavy (non-hydrogen) atoms. The second kappa shape index (κ2) is 5.98. The SMILES string of the molecule is COCCC(=O)NC1CCNC(C)C1. The summed E-state index contributed by atoms with van der Waals surface area (Å²) in [4.78, 5) is 11.4. The van der Waals surface area contributed by atoms with Crippen molar-refractivity contribution in [3.63, 3.8) is 0 Å². The molecule has 0 aromatic carbocycles. The molecule has 0 aromatic heterocycles. The lowest BCUT2D eigenvalue weighted by molar-refractivity contribution is -0.122. The minimum Gasteiger partial charge on any atom is -0.384 e. The lowest BCUT2D eigenvalue weighted by Crippen LogP contribution is -2.46. The molecule has 2 N–H and O–H groups in total. The quantitative estimate of drug-likeness (QED) is 0.685. The van der Waals surface area contributed by atoms with Gasteiger partial charge in [0.25, 0.3) is 0 Å². The predicted octanol–water partition coefficient (Wildman–Crippen LogP) is 0.280. The highest BCUT2D eigenvalue weighted by Gasteiger charge is 2.19. The number of ether oxygens (including phenoxy) is 1. The summed E-state index contributed by atoms with van der Waals surface area (Å²) in [6.07, 6.45) is 2.52. The van der Waals surface area contributed by atoms with Crippen LogP contribution in [-0.2, 0) is 9.53 Å². The minimum atomic E-state index is 0.103. The van der Waals surface area contributed by atoms with E-state index in [0.29, 0.717) is 25.1 Å². The number of hydrogen-bond donors (Lipinski definition) is 2. The van der Waals surface area contributed by atoms with Gasteiger partial charge in [-0.25, -0.2) is 0 Å². The van der Waals surface area contributed by atoms with E-state index in [0.717, 1.165) is 19.4 Å². The van der Waals surface area contributed by atoms with Crippen LogP contribution in [0.15, 0.2) is 0 Å². The predicted molar refractivity (Wildman–Crippen MR) is 55.1 cm³/mol. The van der Waals surface area contributed by atoms with E-state index in [1.165, 1.54) is 0 Å². The first-order chi connectivity index (χ1) is 6.72. The highest BCUT2D eigenvalue weighted by Crippen LogP contribution is 2.07. The van der Waals surface area contributed by atoms with Gasteiger partial charge in [0.2, 0.25) is 5.91 Å². The van der Waals surface area contributed by atoms with E-state index in [1.54, 1.807) is 7.11 Å². The Labute approximate surface area is 85.4 Å². The summed E-state index contributed by atoms with van der Waals surface area (Å²) >= 11 is 0. The number of hydrogen-bond acceptors (Lipinski definition) is 3. The molecule has 0 saturated carbocycles. The highest BCUT2D eigenvalue weighted by atomic mass is 16.5. The standard InChI is InChI=1S/C10H20N2O2/c1-8-7-9(3-5-11-8)12-10(13)4-6-14-2/h8-9,11H,3-7H2,1-2H3,(H,12,13). The second-order valence-corrected chi connectivity index (χ2v) is 3.89. The van der Waals surface area contributed by atoms with E-state index in [-0.39, 0.29) is 5.91 Å². The number of carbonyl (C=O) groups excluding carboxylic acids is 1. The first-order valence-electron chi connectivity index (χ1n) is 5.24. The minimum absolute atomic E-state index is 0.103. The molecule has 0 aromatic rings. The summed E-state index contributed by atoms with van der Waals surface area (Å²) in [5, 5.41) is 6.38. The molecule has 82 valence electrons. The van der Waals surface area contributed by atoms with Crippen LogP contribution in [-0.4, -0.2) is 38.3 Å². The van der Waals surface area contributed by atoms with Crippen molar-refractivity contribution in [1.29, 1.82) is 0 Å². The molecule has 0 spiro atoms. The lowest BCUT2D eigenvalue weighted by atomic mass is 10.0. The van der Waals surface area contributed by atoms with Crippen LogP contribution in [0.5, 0.6) is 0 Å². The molecule has 0 aliphatic carbocycles. The van der Waals surface area contributed by atoms with Crippen LogP contribution in [0.3, 0.4) is 0 Å². The molecule has 1 amide bonds. The van der Waals surface area contributed by atoms with E-state index >= 15 is 0 Å². The smallest absolute Gasteiger partial charge is 0.222 e. The van der Waals surface area contributed by atoms with Gasteiger partial charge in [0, 0.05) is 25.6 Å². The van der Waals surface area contributed by atoms with Gasteiger partial charge in [-0.1, -0.05) is 0 Å². The van der Waals surface area contributed by atoms with Crippen molar-refractivity contribution in [2.75, 3.05) is 20.3 Å². The molecule has 0 radical (unpaired) electrons. The third-order valence-electron chi connectivity index (χ3n) is 2.52. The van der Waals surface area contributed by atoms with Crippen LogP contribution in [0.1, 0.15) is 26.2 Å². The van der Waals surface area contributed by atoms with Gasteiger partial charge < -0.3 is 15.4 Å². The molecule has 1 fully saturated rings. The molecule has 1 heterocycles. The molecular formula is C10H20N2O2. The van der Waals surface area contributed by atoms with Gasteiger partial charge in [-0.05, 0) is 26.3 Å². The van der Waals surface area contributed by atoms with Crippen molar-refractivity contribution in [3.8, 4) is 0 Å². The van der Waals surface area contributed by atoms with E-state index < -0.39 is 0 Å². The second-order valence-electron chi connectivity index (χ2n) is 3.89. The van der Waals surface area contributed by atoms with Crippen LogP contribution in [0.25, 0.3) is 0 Å². The van der Waals surface area contributed by atoms with Gasteiger partial charge in [-0.2, -0.15) is 0 Å². The topological polar surface area (TPSA) is 50.4 Å². The number of rotatable bonds is 4. The van der Waals surface area contributed by atoms with E-state index in [2.05, 4.69) is 17.6 Å². The zero-order valence-corrected chi connectivity index (χ0v) is 9.01. The van der Waals surface area contributed by atoms with Gasteiger partial charge in [-0.15, -0.1) is 0 Å². The Bertz CT molecular complexity index is 185. The van der Waals surface area contributed by atoms with Crippen molar-refractivity contribution in [2.45, 2.75) is 38.3 Å². The third kappa shape index (κ3) is 4.07. The van der Waals surface area contributed by atoms with Gasteiger partial charge in [0.05, 0.1) is 6.61 Å². The maximum Gasteiger partial charge on any atom is 0.222 e. The monoisotopic (exact) mass is 200 g/mol. The summed E-state index contributed by atoms with van der Waals surface area (Å²) in [5.41, 5.74) is 0. The van der Waals surface area contributed by atoms with Crippen LogP contribution >= 0.6 is 0 Å². The molecule has 1 aliphatic heterocycles. The molecule has 1 rings (SSSR count). The van der Waals surface area contributed by atoms with Crippen molar-refractivity contribution in [2.24, 2.45) is 0 Å². The maximum atomic E-state index is 11.4. The molecule has 1 saturated heterocycles. The summed E-state index contributed by atoms with van der Waals surface area (Å²) < 4.78 is 4.85. The Morgan fingerprint density at radius 1 is 1.64 bits per heavy atom. The molecule has 2 atom stereocenters. The molecule has 0 bridgehead atoms. The van der Waals surface area contributed by atoms with Crippen molar-refractivity contribution >= 4 is 5.91 Å². The lowest BCUT2D eigenvalue weighted by Gasteiger charge is -2.28. The largest absolute Gasteiger partial charge is 0.384 e. The summed E-state index contributed by atoms with van der Waals surface area (Å²) in [6.45, 7) is 3.65. The van der Waals surface area contributed by atoms with Crippen LogP contribution in [0.4, 0.5) is 0 Å². The number of methoxy groups -OCH3 is 1. The Morgan fingerprint density at radius 2 is 2.43 bits per heavy atom. The highest BCUT2D eigenvalue weighted by molar-refractivity contribution is 5.76. The van der Waals surface area contributed by atoms with Crippen LogP contribution < -0.4 is 10.6 Å². The fraction of sp³-hybridized carbons (Fsp3) is 0.900. The van der Waals surface area contributed by atoms with E-state index in [4.69, 9.17) is 4.74 Å². The summed E-state index contributed by atoms with van der Waals surface area (Å²) in [5.74, 6) is 0.103. The van der Waals surface area contributed by atoms with E-state index in [9.17, 15) is 4.79 Å². The van der Waals surface area contributed by atoms with Crippen molar-refractivity contribution in [1.82, 2.24) is 10.6 Å². The zero-order chi connectivity index (χ0) is 10.4. The first-order valence-corrected chi connectivity index (χ1v) is 5.24. The fourth-order valence-electron chi connectivity index (χ4n) is 1.76. The maximum absolute atomic E-state index is 11.4. The molecular weight excluding hydrogens is 180 g/mol. The fourth-order valence-corrected chi connectivity index (χ4v) is 1.76. The number of piperidine rings is 1. The Kier molecular flexibility index (Phi) is 4.90. The number of carbonyl (C=O) groups is 1. The zero-order valence-electron chi connectivity index (χ0n) is 9.01. The number of nitrogens with one attached hydrogen (secondary N) is 2. The summed E-state index contributed by atoms with van der Waals surface area (Å²) in [6, 6.07) is 0.854. The Balaban J connectivity index is 2.18. The average molecular weight is 200 g/mol. The first kappa shape index (κ1) is 11.5. The van der Waals surface area contributed by atoms with Crippen LogP contribution in [0, 0.1) is 0 Å². The Morgan fingerprint density at radius 3 is 3.07 bits per heavy atom. The molecule has 1 aliphatic rings. The van der Waals surface area contributed by atoms with Gasteiger partial charge >= 0.3 is 0 Å². The van der Waals surface area contributed by atoms with Gasteiger partial charge in [0.15, 0.2) is 0 Å². The van der Waals surface area contributed by atoms with Gasteiger partial charge in [-0.3, -0.25) is 4.79 Å². The number of amides is 1. The molecule has 2 unspecified atom stereocenters. The Hall–Kier alpha value is -0.610.